The van der Waals surface area contributed by atoms with E-state index >= 15 is 4.39 Å². The number of rotatable bonds is 5. The van der Waals surface area contributed by atoms with E-state index < -0.39 is 23.4 Å². The van der Waals surface area contributed by atoms with Gasteiger partial charge in [0.05, 0.1) is 29.0 Å². The number of aliphatic hydroxyl groups is 1. The Morgan fingerprint density at radius 2 is 2.03 bits per heavy atom. The summed E-state index contributed by atoms with van der Waals surface area (Å²) in [5.41, 5.74) is 5.10. The molecule has 4 heterocycles. The van der Waals surface area contributed by atoms with Gasteiger partial charge in [0.25, 0.3) is 5.91 Å². The average molecular weight is 518 g/mol. The molecule has 2 aliphatic rings. The van der Waals surface area contributed by atoms with Crippen LogP contribution in [-0.2, 0) is 10.3 Å². The molecular weight excluding hydrogens is 489 g/mol. The van der Waals surface area contributed by atoms with Crippen LogP contribution in [0.4, 0.5) is 10.2 Å². The fraction of sp³-hybridized carbons (Fsp3) is 0.480. The first kappa shape index (κ1) is 24.7. The summed E-state index contributed by atoms with van der Waals surface area (Å²) in [6.07, 6.45) is 4.24. The van der Waals surface area contributed by atoms with E-state index in [0.29, 0.717) is 24.3 Å². The zero-order valence-corrected chi connectivity index (χ0v) is 21.3. The van der Waals surface area contributed by atoms with Crippen molar-refractivity contribution in [3.63, 3.8) is 0 Å². The highest BCUT2D eigenvalue weighted by atomic mass is 35.5. The minimum atomic E-state index is -1.84. The van der Waals surface area contributed by atoms with E-state index in [9.17, 15) is 9.90 Å². The molecule has 2 saturated heterocycles. The van der Waals surface area contributed by atoms with E-state index in [4.69, 9.17) is 26.8 Å². The third kappa shape index (κ3) is 3.97. The number of carbonyl (C=O) groups is 1. The Bertz CT molecular complexity index is 1350. The molecule has 3 aromatic rings. The number of ether oxygens (including phenoxy) is 2. The van der Waals surface area contributed by atoms with Crippen molar-refractivity contribution in [2.24, 2.45) is 0 Å². The maximum absolute atomic E-state index is 15.6. The first-order valence-electron chi connectivity index (χ1n) is 11.9. The van der Waals surface area contributed by atoms with E-state index in [-0.39, 0.29) is 45.7 Å². The van der Waals surface area contributed by atoms with Gasteiger partial charge in [0.2, 0.25) is 0 Å². The van der Waals surface area contributed by atoms with E-state index in [1.54, 1.807) is 36.3 Å². The molecule has 2 aromatic heterocycles. The summed E-state index contributed by atoms with van der Waals surface area (Å²) >= 11 is 6.33. The van der Waals surface area contributed by atoms with E-state index in [1.165, 1.54) is 19.2 Å². The molecule has 0 spiro atoms. The van der Waals surface area contributed by atoms with Gasteiger partial charge in [0.15, 0.2) is 5.82 Å². The Hall–Kier alpha value is -2.95. The monoisotopic (exact) mass is 517 g/mol. The fourth-order valence-electron chi connectivity index (χ4n) is 5.16. The van der Waals surface area contributed by atoms with Crippen LogP contribution in [0, 0.1) is 12.7 Å². The Labute approximate surface area is 213 Å². The van der Waals surface area contributed by atoms with Crippen LogP contribution < -0.4 is 10.5 Å². The van der Waals surface area contributed by atoms with Gasteiger partial charge in [-0.05, 0) is 46.6 Å². The third-order valence-corrected chi connectivity index (χ3v) is 7.06. The molecule has 2 bridgehead atoms. The minimum Gasteiger partial charge on any atom is -0.490 e. The standard InChI is InChI=1S/C25H29ClFN5O4/c1-12(2)35-21-16(25(4,34)24-30-13(3)20-22(28)29-7-8-32(20)24)9-17(26)19(27)18(21)23(33)31-10-14-5-6-15(11-31)36-14/h7-9,12,14-15,34H,5-6,10-11H2,1-4H3,(H2,28,29). The molecular formula is C25H29ClFN5O4. The number of halogens is 2. The van der Waals surface area contributed by atoms with Gasteiger partial charge in [0, 0.05) is 31.0 Å². The highest BCUT2D eigenvalue weighted by Gasteiger charge is 2.42. The topological polar surface area (TPSA) is 115 Å². The lowest BCUT2D eigenvalue weighted by molar-refractivity contribution is -0.0306. The van der Waals surface area contributed by atoms with Crippen LogP contribution in [0.1, 0.15) is 61.1 Å². The number of fused-ring (bicyclic) bond motifs is 3. The van der Waals surface area contributed by atoms with Crippen LogP contribution in [0.25, 0.3) is 5.52 Å². The predicted molar refractivity (Wildman–Crippen MR) is 132 cm³/mol. The Balaban J connectivity index is 1.70. The summed E-state index contributed by atoms with van der Waals surface area (Å²) in [6, 6.07) is 1.29. The molecule has 11 heteroatoms. The Morgan fingerprint density at radius 1 is 1.36 bits per heavy atom. The van der Waals surface area contributed by atoms with Gasteiger partial charge in [-0.3, -0.25) is 9.20 Å². The van der Waals surface area contributed by atoms with Gasteiger partial charge in [-0.25, -0.2) is 14.4 Å². The first-order chi connectivity index (χ1) is 17.0. The van der Waals surface area contributed by atoms with Crippen LogP contribution in [0.3, 0.4) is 0 Å². The number of carbonyl (C=O) groups excluding carboxylic acids is 1. The summed E-state index contributed by atoms with van der Waals surface area (Å²) in [6.45, 7) is 7.47. The fourth-order valence-corrected chi connectivity index (χ4v) is 5.37. The van der Waals surface area contributed by atoms with Crippen molar-refractivity contribution in [2.45, 2.75) is 64.4 Å². The second kappa shape index (κ2) is 8.86. The molecule has 9 nitrogen and oxygen atoms in total. The summed E-state index contributed by atoms with van der Waals surface area (Å²) in [5.74, 6) is -1.08. The number of nitrogens with zero attached hydrogens (tertiary/aromatic N) is 4. The van der Waals surface area contributed by atoms with Crippen LogP contribution in [0.5, 0.6) is 5.75 Å². The molecule has 3 N–H and O–H groups in total. The number of nitrogen functional groups attached to an aromatic ring is 1. The number of imidazole rings is 1. The van der Waals surface area contributed by atoms with Crippen molar-refractivity contribution < 1.29 is 23.8 Å². The molecule has 2 fully saturated rings. The molecule has 3 unspecified atom stereocenters. The average Bonchev–Trinajstić information content (AvgIpc) is 3.34. The lowest BCUT2D eigenvalue weighted by Gasteiger charge is -2.34. The van der Waals surface area contributed by atoms with E-state index in [0.717, 1.165) is 12.8 Å². The van der Waals surface area contributed by atoms with Gasteiger partial charge in [-0.15, -0.1) is 0 Å². The van der Waals surface area contributed by atoms with Crippen molar-refractivity contribution in [3.8, 4) is 5.75 Å². The zero-order valence-electron chi connectivity index (χ0n) is 20.6. The molecule has 3 atom stereocenters. The number of benzene rings is 1. The quantitative estimate of drug-likeness (QED) is 0.532. The largest absolute Gasteiger partial charge is 0.490 e. The Kier molecular flexibility index (Phi) is 6.09. The number of amides is 1. The highest BCUT2D eigenvalue weighted by Crippen LogP contribution is 2.43. The zero-order chi connectivity index (χ0) is 25.9. The van der Waals surface area contributed by atoms with E-state index in [1.807, 2.05) is 0 Å². The van der Waals surface area contributed by atoms with Gasteiger partial charge in [0.1, 0.15) is 34.1 Å². The number of morpholine rings is 1. The molecule has 1 amide bonds. The molecule has 1 aromatic carbocycles. The number of aryl methyl sites for hydroxylation is 1. The minimum absolute atomic E-state index is 0.0721. The van der Waals surface area contributed by atoms with Crippen LogP contribution >= 0.6 is 11.6 Å². The number of hydrogen-bond acceptors (Lipinski definition) is 7. The summed E-state index contributed by atoms with van der Waals surface area (Å²) in [5, 5.41) is 11.6. The molecule has 2 aliphatic heterocycles. The number of hydrogen-bond donors (Lipinski definition) is 2. The summed E-state index contributed by atoms with van der Waals surface area (Å²) in [4.78, 5) is 24.0. The Morgan fingerprint density at radius 3 is 2.67 bits per heavy atom. The smallest absolute Gasteiger partial charge is 0.260 e. The molecule has 0 aliphatic carbocycles. The highest BCUT2D eigenvalue weighted by molar-refractivity contribution is 6.31. The molecule has 5 rings (SSSR count). The SMILES string of the molecule is Cc1nc(C(C)(O)c2cc(Cl)c(F)c(C(=O)N3CC4CCC(C3)O4)c2OC(C)C)n2ccnc(N)c12. The molecule has 192 valence electrons. The number of anilines is 1. The van der Waals surface area contributed by atoms with Crippen LogP contribution in [-0.4, -0.2) is 61.7 Å². The molecule has 36 heavy (non-hydrogen) atoms. The maximum atomic E-state index is 15.6. The second-order valence-corrected chi connectivity index (χ2v) is 10.3. The molecule has 0 radical (unpaired) electrons. The van der Waals surface area contributed by atoms with E-state index in [2.05, 4.69) is 9.97 Å². The number of aromatic nitrogens is 3. The number of nitrogens with two attached hydrogens (primary N) is 1. The number of likely N-dealkylation sites (tertiary alicyclic amines) is 1. The van der Waals surface area contributed by atoms with Crippen molar-refractivity contribution in [1.82, 2.24) is 19.3 Å². The maximum Gasteiger partial charge on any atom is 0.260 e. The van der Waals surface area contributed by atoms with Crippen molar-refractivity contribution >= 4 is 28.8 Å². The van der Waals surface area contributed by atoms with Crippen molar-refractivity contribution in [1.29, 1.82) is 0 Å². The van der Waals surface area contributed by atoms with Crippen molar-refractivity contribution in [2.75, 3.05) is 18.8 Å². The van der Waals surface area contributed by atoms with Gasteiger partial charge < -0.3 is 25.2 Å². The van der Waals surface area contributed by atoms with Gasteiger partial charge in [-0.1, -0.05) is 11.6 Å². The first-order valence-corrected chi connectivity index (χ1v) is 12.3. The third-order valence-electron chi connectivity index (χ3n) is 6.79. The van der Waals surface area contributed by atoms with Crippen molar-refractivity contribution in [3.05, 3.63) is 51.9 Å². The summed E-state index contributed by atoms with van der Waals surface area (Å²) < 4.78 is 29.1. The van der Waals surface area contributed by atoms with Gasteiger partial charge in [-0.2, -0.15) is 0 Å². The normalized spacial score (nSPS) is 21.3. The summed E-state index contributed by atoms with van der Waals surface area (Å²) in [7, 11) is 0. The van der Waals surface area contributed by atoms with Gasteiger partial charge >= 0.3 is 0 Å². The van der Waals surface area contributed by atoms with Crippen LogP contribution in [0.15, 0.2) is 18.5 Å². The molecule has 0 saturated carbocycles. The second-order valence-electron chi connectivity index (χ2n) is 9.88. The van der Waals surface area contributed by atoms with Crippen LogP contribution in [0.2, 0.25) is 5.02 Å². The predicted octanol–water partition coefficient (Wildman–Crippen LogP) is 3.46. The lowest BCUT2D eigenvalue weighted by atomic mass is 9.91. The lowest BCUT2D eigenvalue weighted by Crippen LogP contribution is -2.46.